The number of aryl methyl sites for hydroxylation is 2. The Labute approximate surface area is 105 Å². The van der Waals surface area contributed by atoms with Crippen molar-refractivity contribution in [3.05, 3.63) is 35.1 Å². The van der Waals surface area contributed by atoms with Crippen molar-refractivity contribution in [2.75, 3.05) is 0 Å². The van der Waals surface area contributed by atoms with E-state index in [0.29, 0.717) is 12.8 Å². The summed E-state index contributed by atoms with van der Waals surface area (Å²) < 4.78 is 0. The number of aromatic nitrogens is 2. The van der Waals surface area contributed by atoms with Gasteiger partial charge in [0.05, 0.1) is 10.6 Å². The third-order valence-corrected chi connectivity index (χ3v) is 3.54. The van der Waals surface area contributed by atoms with Gasteiger partial charge in [-0.15, -0.1) is 11.3 Å². The molecule has 0 atom stereocenters. The van der Waals surface area contributed by atoms with E-state index in [1.807, 2.05) is 6.07 Å². The quantitative estimate of drug-likeness (QED) is 0.832. The van der Waals surface area contributed by atoms with Gasteiger partial charge in [0.25, 0.3) is 0 Å². The third-order valence-electron chi connectivity index (χ3n) is 2.50. The van der Waals surface area contributed by atoms with Crippen LogP contribution in [0, 0.1) is 6.92 Å². The zero-order valence-corrected chi connectivity index (χ0v) is 10.8. The molecule has 0 saturated heterocycles. The van der Waals surface area contributed by atoms with Crippen LogP contribution in [0.4, 0.5) is 0 Å². The number of thiophene rings is 1. The average Bonchev–Trinajstić information content (AvgIpc) is 2.73. The molecule has 0 aromatic carbocycles. The molecule has 0 fully saturated rings. The molecule has 0 radical (unpaired) electrons. The molecule has 0 spiro atoms. The smallest absolute Gasteiger partial charge is 0.130 e. The number of rotatable bonds is 4. The van der Waals surface area contributed by atoms with Crippen LogP contribution in [0.3, 0.4) is 0 Å². The van der Waals surface area contributed by atoms with E-state index in [9.17, 15) is 4.79 Å². The summed E-state index contributed by atoms with van der Waals surface area (Å²) in [6.07, 6.45) is 2.89. The van der Waals surface area contributed by atoms with Crippen LogP contribution in [0.15, 0.2) is 23.7 Å². The normalized spacial score (nSPS) is 10.5. The van der Waals surface area contributed by atoms with E-state index in [1.165, 1.54) is 10.4 Å². The highest BCUT2D eigenvalue weighted by Crippen LogP contribution is 2.26. The molecule has 0 aliphatic rings. The van der Waals surface area contributed by atoms with Crippen LogP contribution in [-0.2, 0) is 11.2 Å². The van der Waals surface area contributed by atoms with Gasteiger partial charge >= 0.3 is 0 Å². The maximum atomic E-state index is 10.9. The molecule has 2 heterocycles. The van der Waals surface area contributed by atoms with Gasteiger partial charge in [0.1, 0.15) is 11.6 Å². The van der Waals surface area contributed by atoms with E-state index in [-0.39, 0.29) is 5.78 Å². The van der Waals surface area contributed by atoms with Gasteiger partial charge in [-0.3, -0.25) is 0 Å². The first-order valence-electron chi connectivity index (χ1n) is 5.52. The summed E-state index contributed by atoms with van der Waals surface area (Å²) in [5.41, 5.74) is 2.18. The largest absolute Gasteiger partial charge is 0.300 e. The predicted molar refractivity (Wildman–Crippen MR) is 69.1 cm³/mol. The van der Waals surface area contributed by atoms with Gasteiger partial charge in [0, 0.05) is 19.0 Å². The molecule has 3 nitrogen and oxygen atoms in total. The number of Topliss-reactive ketones (excluding diaryl/α,β-unsaturated/α-hetero) is 1. The van der Waals surface area contributed by atoms with Gasteiger partial charge in [0.15, 0.2) is 0 Å². The van der Waals surface area contributed by atoms with E-state index >= 15 is 0 Å². The van der Waals surface area contributed by atoms with Gasteiger partial charge in [-0.1, -0.05) is 0 Å². The van der Waals surface area contributed by atoms with E-state index in [0.717, 1.165) is 11.5 Å². The van der Waals surface area contributed by atoms with Crippen molar-refractivity contribution >= 4 is 17.1 Å². The minimum Gasteiger partial charge on any atom is -0.300 e. The number of carbonyl (C=O) groups excluding carboxylic acids is 1. The molecule has 88 valence electrons. The summed E-state index contributed by atoms with van der Waals surface area (Å²) in [7, 11) is 0. The van der Waals surface area contributed by atoms with Crippen LogP contribution in [0.2, 0.25) is 0 Å². The number of hydrogen-bond acceptors (Lipinski definition) is 4. The second-order valence-corrected chi connectivity index (χ2v) is 4.91. The minimum atomic E-state index is 0.173. The second kappa shape index (κ2) is 5.19. The summed E-state index contributed by atoms with van der Waals surface area (Å²) in [6.45, 7) is 3.66. The summed E-state index contributed by atoms with van der Waals surface area (Å²) in [5, 5.41) is 2.06. The fraction of sp³-hybridized carbons (Fsp3) is 0.308. The van der Waals surface area contributed by atoms with Crippen LogP contribution in [-0.4, -0.2) is 15.8 Å². The summed E-state index contributed by atoms with van der Waals surface area (Å²) >= 11 is 1.68. The summed E-state index contributed by atoms with van der Waals surface area (Å²) in [4.78, 5) is 20.8. The maximum absolute atomic E-state index is 10.9. The van der Waals surface area contributed by atoms with E-state index < -0.39 is 0 Å². The predicted octanol–water partition coefficient (Wildman–Crippen LogP) is 3.04. The lowest BCUT2D eigenvalue weighted by Crippen LogP contribution is -2.00. The van der Waals surface area contributed by atoms with Crippen molar-refractivity contribution in [2.24, 2.45) is 0 Å². The lowest BCUT2D eigenvalue weighted by Gasteiger charge is -2.02. The lowest BCUT2D eigenvalue weighted by atomic mass is 10.2. The highest BCUT2D eigenvalue weighted by molar-refractivity contribution is 7.13. The van der Waals surface area contributed by atoms with Crippen LogP contribution in [0.25, 0.3) is 10.6 Å². The maximum Gasteiger partial charge on any atom is 0.130 e. The second-order valence-electron chi connectivity index (χ2n) is 3.99. The topological polar surface area (TPSA) is 42.9 Å². The van der Waals surface area contributed by atoms with Crippen molar-refractivity contribution in [2.45, 2.75) is 26.7 Å². The van der Waals surface area contributed by atoms with Crippen LogP contribution in [0.1, 0.15) is 24.7 Å². The minimum absolute atomic E-state index is 0.173. The van der Waals surface area contributed by atoms with Gasteiger partial charge in [-0.2, -0.15) is 0 Å². The van der Waals surface area contributed by atoms with Crippen molar-refractivity contribution in [1.29, 1.82) is 0 Å². The van der Waals surface area contributed by atoms with Gasteiger partial charge in [-0.25, -0.2) is 9.97 Å². The van der Waals surface area contributed by atoms with Crippen molar-refractivity contribution in [3.63, 3.8) is 0 Å². The summed E-state index contributed by atoms with van der Waals surface area (Å²) in [5.74, 6) is 0.914. The Morgan fingerprint density at radius 1 is 1.41 bits per heavy atom. The van der Waals surface area contributed by atoms with Crippen LogP contribution >= 0.6 is 11.3 Å². The Kier molecular flexibility index (Phi) is 3.64. The standard InChI is InChI=1S/C13H14N2OS/c1-9-6-8-17-13(9)11-5-7-14-12(15-11)4-3-10(2)16/h5-8H,3-4H2,1-2H3. The molecule has 0 bridgehead atoms. The SMILES string of the molecule is CC(=O)CCc1nccc(-c2sccc2C)n1. The summed E-state index contributed by atoms with van der Waals surface area (Å²) in [6, 6.07) is 3.99. The molecular formula is C13H14N2OS. The molecule has 17 heavy (non-hydrogen) atoms. The molecular weight excluding hydrogens is 232 g/mol. The highest BCUT2D eigenvalue weighted by atomic mass is 32.1. The zero-order chi connectivity index (χ0) is 12.3. The Hall–Kier alpha value is -1.55. The highest BCUT2D eigenvalue weighted by Gasteiger charge is 2.07. The monoisotopic (exact) mass is 246 g/mol. The van der Waals surface area contributed by atoms with E-state index in [4.69, 9.17) is 0 Å². The van der Waals surface area contributed by atoms with Crippen molar-refractivity contribution in [1.82, 2.24) is 9.97 Å². The first-order valence-corrected chi connectivity index (χ1v) is 6.40. The Morgan fingerprint density at radius 3 is 2.88 bits per heavy atom. The molecule has 2 aromatic heterocycles. The molecule has 0 aliphatic heterocycles. The number of hydrogen-bond donors (Lipinski definition) is 0. The molecule has 0 N–H and O–H groups in total. The first-order chi connectivity index (χ1) is 8.16. The van der Waals surface area contributed by atoms with Gasteiger partial charge in [-0.05, 0) is 36.9 Å². The molecule has 0 aliphatic carbocycles. The first kappa shape index (κ1) is 11.9. The molecule has 2 rings (SSSR count). The molecule has 0 amide bonds. The van der Waals surface area contributed by atoms with Gasteiger partial charge < -0.3 is 4.79 Å². The average molecular weight is 246 g/mol. The van der Waals surface area contributed by atoms with Gasteiger partial charge in [0.2, 0.25) is 0 Å². The fourth-order valence-electron chi connectivity index (χ4n) is 1.57. The molecule has 2 aromatic rings. The van der Waals surface area contributed by atoms with Crippen molar-refractivity contribution < 1.29 is 4.79 Å². The number of carbonyl (C=O) groups is 1. The Morgan fingerprint density at radius 2 is 2.24 bits per heavy atom. The number of ketones is 1. The number of nitrogens with zero attached hydrogens (tertiary/aromatic N) is 2. The van der Waals surface area contributed by atoms with Crippen LogP contribution < -0.4 is 0 Å². The van der Waals surface area contributed by atoms with E-state index in [2.05, 4.69) is 28.3 Å². The van der Waals surface area contributed by atoms with Crippen molar-refractivity contribution in [3.8, 4) is 10.6 Å². The third kappa shape index (κ3) is 2.97. The van der Waals surface area contributed by atoms with Crippen LogP contribution in [0.5, 0.6) is 0 Å². The molecule has 0 unspecified atom stereocenters. The lowest BCUT2D eigenvalue weighted by molar-refractivity contribution is -0.117. The van der Waals surface area contributed by atoms with E-state index in [1.54, 1.807) is 24.5 Å². The Bertz CT molecular complexity index is 534. The molecule has 0 saturated carbocycles. The fourth-order valence-corrected chi connectivity index (χ4v) is 2.47. The zero-order valence-electron chi connectivity index (χ0n) is 9.93. The molecule has 4 heteroatoms. The Balaban J connectivity index is 2.23.